The molecule has 0 radical (unpaired) electrons. The molecule has 0 N–H and O–H groups in total. The van der Waals surface area contributed by atoms with Gasteiger partial charge in [-0.25, -0.2) is 0 Å². The third kappa shape index (κ3) is 4.49. The molecular formula is C13H16ClNO. The van der Waals surface area contributed by atoms with E-state index in [2.05, 4.69) is 0 Å². The summed E-state index contributed by atoms with van der Waals surface area (Å²) in [6.07, 6.45) is 5.27. The Labute approximate surface area is 102 Å². The van der Waals surface area contributed by atoms with Gasteiger partial charge in [0.15, 0.2) is 0 Å². The summed E-state index contributed by atoms with van der Waals surface area (Å²) in [6, 6.07) is 7.63. The molecule has 0 aliphatic heterocycles. The molecule has 1 aromatic carbocycles. The number of hydrogen-bond acceptors (Lipinski definition) is 1. The molecular weight excluding hydrogens is 222 g/mol. The summed E-state index contributed by atoms with van der Waals surface area (Å²) in [7, 11) is 3.53. The highest BCUT2D eigenvalue weighted by atomic mass is 35.5. The molecule has 0 saturated heterocycles. The third-order valence-electron chi connectivity index (χ3n) is 2.18. The van der Waals surface area contributed by atoms with Crippen LogP contribution in [-0.2, 0) is 4.79 Å². The fourth-order valence-electron chi connectivity index (χ4n) is 1.26. The van der Waals surface area contributed by atoms with Crippen LogP contribution in [-0.4, -0.2) is 24.9 Å². The SMILES string of the molecule is CN(C)C(=O)CCC=Cc1cccc(Cl)c1. The second-order valence-electron chi connectivity index (χ2n) is 3.78. The zero-order valence-electron chi connectivity index (χ0n) is 9.61. The van der Waals surface area contributed by atoms with Gasteiger partial charge in [-0.05, 0) is 24.1 Å². The van der Waals surface area contributed by atoms with Crippen LogP contribution >= 0.6 is 11.6 Å². The Bertz CT molecular complexity index is 385. The molecule has 0 aliphatic rings. The highest BCUT2D eigenvalue weighted by Gasteiger charge is 2.00. The first-order chi connectivity index (χ1) is 7.59. The van der Waals surface area contributed by atoms with E-state index in [1.807, 2.05) is 36.4 Å². The van der Waals surface area contributed by atoms with Gasteiger partial charge in [-0.2, -0.15) is 0 Å². The summed E-state index contributed by atoms with van der Waals surface area (Å²) in [5, 5.41) is 0.728. The lowest BCUT2D eigenvalue weighted by Gasteiger charge is -2.07. The predicted octanol–water partition coefficient (Wildman–Crippen LogP) is 3.22. The van der Waals surface area contributed by atoms with Crippen LogP contribution in [0.3, 0.4) is 0 Å². The molecule has 0 unspecified atom stereocenters. The normalized spacial score (nSPS) is 10.7. The molecule has 0 heterocycles. The number of allylic oxidation sites excluding steroid dienone is 1. The maximum atomic E-state index is 11.3. The molecule has 0 aliphatic carbocycles. The molecule has 0 spiro atoms. The number of amides is 1. The molecule has 16 heavy (non-hydrogen) atoms. The first-order valence-corrected chi connectivity index (χ1v) is 5.59. The number of benzene rings is 1. The predicted molar refractivity (Wildman–Crippen MR) is 68.4 cm³/mol. The number of carbonyl (C=O) groups excluding carboxylic acids is 1. The number of carbonyl (C=O) groups is 1. The van der Waals surface area contributed by atoms with E-state index in [-0.39, 0.29) is 5.91 Å². The molecule has 1 amide bonds. The summed E-state index contributed by atoms with van der Waals surface area (Å²) in [5.74, 6) is 0.149. The highest BCUT2D eigenvalue weighted by Crippen LogP contribution is 2.12. The van der Waals surface area contributed by atoms with Crippen LogP contribution in [0, 0.1) is 0 Å². The second-order valence-corrected chi connectivity index (χ2v) is 4.22. The standard InChI is InChI=1S/C13H16ClNO/c1-15(2)13(16)9-4-3-6-11-7-5-8-12(14)10-11/h3,5-8,10H,4,9H2,1-2H3. The first-order valence-electron chi connectivity index (χ1n) is 5.22. The molecule has 86 valence electrons. The highest BCUT2D eigenvalue weighted by molar-refractivity contribution is 6.30. The van der Waals surface area contributed by atoms with Crippen molar-refractivity contribution in [3.05, 3.63) is 40.9 Å². The van der Waals surface area contributed by atoms with E-state index in [0.29, 0.717) is 6.42 Å². The Hall–Kier alpha value is -1.28. The van der Waals surface area contributed by atoms with E-state index in [0.717, 1.165) is 17.0 Å². The van der Waals surface area contributed by atoms with Crippen LogP contribution in [0.1, 0.15) is 18.4 Å². The van der Waals surface area contributed by atoms with Crippen molar-refractivity contribution in [2.75, 3.05) is 14.1 Å². The monoisotopic (exact) mass is 237 g/mol. The molecule has 0 saturated carbocycles. The van der Waals surface area contributed by atoms with Crippen LogP contribution < -0.4 is 0 Å². The minimum absolute atomic E-state index is 0.149. The Morgan fingerprint density at radius 2 is 2.19 bits per heavy atom. The molecule has 0 fully saturated rings. The topological polar surface area (TPSA) is 20.3 Å². The summed E-state index contributed by atoms with van der Waals surface area (Å²) >= 11 is 5.85. The average Bonchev–Trinajstić information content (AvgIpc) is 2.24. The van der Waals surface area contributed by atoms with Crippen molar-refractivity contribution in [1.82, 2.24) is 4.90 Å². The summed E-state index contributed by atoms with van der Waals surface area (Å²) in [5.41, 5.74) is 1.06. The smallest absolute Gasteiger partial charge is 0.222 e. The van der Waals surface area contributed by atoms with Crippen LogP contribution in [0.4, 0.5) is 0 Å². The Morgan fingerprint density at radius 1 is 1.44 bits per heavy atom. The van der Waals surface area contributed by atoms with Gasteiger partial charge in [-0.3, -0.25) is 4.79 Å². The number of halogens is 1. The Morgan fingerprint density at radius 3 is 2.81 bits per heavy atom. The maximum Gasteiger partial charge on any atom is 0.222 e. The van der Waals surface area contributed by atoms with Crippen molar-refractivity contribution >= 4 is 23.6 Å². The molecule has 3 heteroatoms. The fourth-order valence-corrected chi connectivity index (χ4v) is 1.46. The van der Waals surface area contributed by atoms with E-state index < -0.39 is 0 Å². The van der Waals surface area contributed by atoms with Crippen molar-refractivity contribution in [3.63, 3.8) is 0 Å². The Balaban J connectivity index is 2.41. The number of nitrogens with zero attached hydrogens (tertiary/aromatic N) is 1. The van der Waals surface area contributed by atoms with Crippen molar-refractivity contribution < 1.29 is 4.79 Å². The van der Waals surface area contributed by atoms with Crippen molar-refractivity contribution in [2.24, 2.45) is 0 Å². The molecule has 0 aromatic heterocycles. The van der Waals surface area contributed by atoms with Crippen LogP contribution in [0.15, 0.2) is 30.3 Å². The van der Waals surface area contributed by atoms with E-state index in [9.17, 15) is 4.79 Å². The van der Waals surface area contributed by atoms with Gasteiger partial charge < -0.3 is 4.90 Å². The minimum Gasteiger partial charge on any atom is -0.349 e. The van der Waals surface area contributed by atoms with Gasteiger partial charge in [0.1, 0.15) is 0 Å². The van der Waals surface area contributed by atoms with Gasteiger partial charge >= 0.3 is 0 Å². The lowest BCUT2D eigenvalue weighted by molar-refractivity contribution is -0.128. The van der Waals surface area contributed by atoms with Gasteiger partial charge in [0.05, 0.1) is 0 Å². The quantitative estimate of drug-likeness (QED) is 0.788. The van der Waals surface area contributed by atoms with Crippen LogP contribution in [0.25, 0.3) is 6.08 Å². The van der Waals surface area contributed by atoms with Gasteiger partial charge in [-0.1, -0.05) is 35.9 Å². The van der Waals surface area contributed by atoms with Crippen LogP contribution in [0.2, 0.25) is 5.02 Å². The zero-order valence-corrected chi connectivity index (χ0v) is 10.4. The lowest BCUT2D eigenvalue weighted by atomic mass is 10.2. The maximum absolute atomic E-state index is 11.3. The molecule has 0 bridgehead atoms. The van der Waals surface area contributed by atoms with Crippen molar-refractivity contribution in [1.29, 1.82) is 0 Å². The number of hydrogen-bond donors (Lipinski definition) is 0. The largest absolute Gasteiger partial charge is 0.349 e. The van der Waals surface area contributed by atoms with Crippen molar-refractivity contribution in [3.8, 4) is 0 Å². The van der Waals surface area contributed by atoms with E-state index in [1.165, 1.54) is 0 Å². The number of rotatable bonds is 4. The van der Waals surface area contributed by atoms with E-state index >= 15 is 0 Å². The summed E-state index contributed by atoms with van der Waals surface area (Å²) < 4.78 is 0. The first kappa shape index (κ1) is 12.8. The Kier molecular flexibility index (Phi) is 5.06. The third-order valence-corrected chi connectivity index (χ3v) is 2.42. The summed E-state index contributed by atoms with van der Waals surface area (Å²) in [4.78, 5) is 12.9. The molecule has 1 aromatic rings. The van der Waals surface area contributed by atoms with Gasteiger partial charge in [0, 0.05) is 25.5 Å². The molecule has 0 atom stereocenters. The van der Waals surface area contributed by atoms with Crippen molar-refractivity contribution in [2.45, 2.75) is 12.8 Å². The van der Waals surface area contributed by atoms with Gasteiger partial charge in [-0.15, -0.1) is 0 Å². The minimum atomic E-state index is 0.149. The van der Waals surface area contributed by atoms with Crippen LogP contribution in [0.5, 0.6) is 0 Å². The fraction of sp³-hybridized carbons (Fsp3) is 0.308. The summed E-state index contributed by atoms with van der Waals surface area (Å²) in [6.45, 7) is 0. The van der Waals surface area contributed by atoms with Gasteiger partial charge in [0.2, 0.25) is 5.91 Å². The van der Waals surface area contributed by atoms with E-state index in [1.54, 1.807) is 19.0 Å². The average molecular weight is 238 g/mol. The molecule has 2 nitrogen and oxygen atoms in total. The second kappa shape index (κ2) is 6.33. The zero-order chi connectivity index (χ0) is 12.0. The molecule has 1 rings (SSSR count). The lowest BCUT2D eigenvalue weighted by Crippen LogP contribution is -2.20. The van der Waals surface area contributed by atoms with Gasteiger partial charge in [0.25, 0.3) is 0 Å². The van der Waals surface area contributed by atoms with E-state index in [4.69, 9.17) is 11.6 Å².